The summed E-state index contributed by atoms with van der Waals surface area (Å²) >= 11 is 0. The highest BCUT2D eigenvalue weighted by Crippen LogP contribution is 2.22. The minimum atomic E-state index is -0.464. The van der Waals surface area contributed by atoms with Gasteiger partial charge in [-0.2, -0.15) is 0 Å². The molecular weight excluding hydrogens is 354 g/mol. The van der Waals surface area contributed by atoms with Crippen molar-refractivity contribution in [1.29, 1.82) is 0 Å². The average Bonchev–Trinajstić information content (AvgIpc) is 2.70. The zero-order valence-electron chi connectivity index (χ0n) is 15.9. The first-order chi connectivity index (χ1) is 13.5. The van der Waals surface area contributed by atoms with Crippen molar-refractivity contribution in [3.05, 3.63) is 83.2 Å². The van der Waals surface area contributed by atoms with E-state index >= 15 is 0 Å². The number of carbonyl (C=O) groups excluding carboxylic acids is 2. The zero-order valence-corrected chi connectivity index (χ0v) is 15.9. The summed E-state index contributed by atoms with van der Waals surface area (Å²) in [5.74, 6) is -0.833. The molecule has 2 aromatic carbocycles. The maximum absolute atomic E-state index is 12.6. The lowest BCUT2D eigenvalue weighted by Gasteiger charge is -2.12. The fourth-order valence-corrected chi connectivity index (χ4v) is 2.70. The Bertz CT molecular complexity index is 1030. The van der Waals surface area contributed by atoms with Gasteiger partial charge < -0.3 is 15.4 Å². The van der Waals surface area contributed by atoms with Gasteiger partial charge in [0.15, 0.2) is 0 Å². The van der Waals surface area contributed by atoms with E-state index in [1.54, 1.807) is 42.6 Å². The number of hydrogen-bond acceptors (Lipinski definition) is 5. The highest BCUT2D eigenvalue weighted by molar-refractivity contribution is 6.04. The Morgan fingerprint density at radius 3 is 2.57 bits per heavy atom. The van der Waals surface area contributed by atoms with E-state index in [4.69, 9.17) is 4.74 Å². The molecule has 0 fully saturated rings. The number of esters is 1. The number of ether oxygens (including phenoxy) is 1. The molecule has 6 heteroatoms. The smallest absolute Gasteiger partial charge is 0.337 e. The predicted molar refractivity (Wildman–Crippen MR) is 109 cm³/mol. The third kappa shape index (κ3) is 4.54. The first-order valence-electron chi connectivity index (χ1n) is 8.76. The van der Waals surface area contributed by atoms with Crippen LogP contribution in [0.5, 0.6) is 0 Å². The number of rotatable bonds is 5. The second-order valence-corrected chi connectivity index (χ2v) is 6.40. The summed E-state index contributed by atoms with van der Waals surface area (Å²) in [6, 6.07) is 16.2. The minimum absolute atomic E-state index is 0.263. The Kier molecular flexibility index (Phi) is 5.69. The standard InChI is InChI=1S/C22H21N3O3/c1-14-7-8-15(2)19(11-14)24-18-9-10-23-20(13-18)21(26)25-17-6-4-5-16(12-17)22(27)28-3/h4-13H,1-3H3,(H,23,24)(H,25,26). The number of amides is 1. The van der Waals surface area contributed by atoms with E-state index in [0.29, 0.717) is 11.3 Å². The average molecular weight is 375 g/mol. The molecule has 0 atom stereocenters. The van der Waals surface area contributed by atoms with Crippen LogP contribution in [0.15, 0.2) is 60.8 Å². The van der Waals surface area contributed by atoms with Crippen molar-refractivity contribution < 1.29 is 14.3 Å². The van der Waals surface area contributed by atoms with Gasteiger partial charge in [-0.1, -0.05) is 18.2 Å². The van der Waals surface area contributed by atoms with Crippen LogP contribution in [-0.2, 0) is 4.74 Å². The van der Waals surface area contributed by atoms with Crippen LogP contribution in [0.2, 0.25) is 0 Å². The number of methoxy groups -OCH3 is 1. The first-order valence-corrected chi connectivity index (χ1v) is 8.76. The summed E-state index contributed by atoms with van der Waals surface area (Å²) < 4.78 is 4.70. The molecule has 0 saturated carbocycles. The Labute approximate surface area is 163 Å². The number of benzene rings is 2. The molecular formula is C22H21N3O3. The molecule has 0 radical (unpaired) electrons. The molecule has 1 amide bonds. The summed E-state index contributed by atoms with van der Waals surface area (Å²) in [5.41, 5.74) is 5.10. The number of carbonyl (C=O) groups is 2. The summed E-state index contributed by atoms with van der Waals surface area (Å²) in [6.45, 7) is 4.05. The van der Waals surface area contributed by atoms with Gasteiger partial charge in [-0.05, 0) is 61.4 Å². The molecule has 2 N–H and O–H groups in total. The molecule has 0 saturated heterocycles. The van der Waals surface area contributed by atoms with E-state index < -0.39 is 5.97 Å². The molecule has 0 aliphatic carbocycles. The highest BCUT2D eigenvalue weighted by atomic mass is 16.5. The van der Waals surface area contributed by atoms with Gasteiger partial charge in [0.25, 0.3) is 5.91 Å². The fraction of sp³-hybridized carbons (Fsp3) is 0.136. The fourth-order valence-electron chi connectivity index (χ4n) is 2.70. The maximum Gasteiger partial charge on any atom is 0.337 e. The van der Waals surface area contributed by atoms with Crippen molar-refractivity contribution in [2.75, 3.05) is 17.7 Å². The number of nitrogens with zero attached hydrogens (tertiary/aromatic N) is 1. The van der Waals surface area contributed by atoms with E-state index in [2.05, 4.69) is 15.6 Å². The molecule has 3 aromatic rings. The van der Waals surface area contributed by atoms with Crippen LogP contribution < -0.4 is 10.6 Å². The second-order valence-electron chi connectivity index (χ2n) is 6.40. The molecule has 6 nitrogen and oxygen atoms in total. The van der Waals surface area contributed by atoms with Gasteiger partial charge in [0.1, 0.15) is 5.69 Å². The topological polar surface area (TPSA) is 80.3 Å². The van der Waals surface area contributed by atoms with Crippen LogP contribution >= 0.6 is 0 Å². The quantitative estimate of drug-likeness (QED) is 0.643. The lowest BCUT2D eigenvalue weighted by Crippen LogP contribution is -2.14. The molecule has 0 aliphatic heterocycles. The molecule has 0 bridgehead atoms. The zero-order chi connectivity index (χ0) is 20.1. The summed E-state index contributed by atoms with van der Waals surface area (Å²) in [4.78, 5) is 28.4. The molecule has 0 aliphatic rings. The maximum atomic E-state index is 12.6. The van der Waals surface area contributed by atoms with Gasteiger partial charge >= 0.3 is 5.97 Å². The Morgan fingerprint density at radius 1 is 0.964 bits per heavy atom. The van der Waals surface area contributed by atoms with Crippen molar-refractivity contribution >= 4 is 28.9 Å². The summed E-state index contributed by atoms with van der Waals surface area (Å²) in [5, 5.41) is 6.07. The number of hydrogen-bond donors (Lipinski definition) is 2. The van der Waals surface area contributed by atoms with Crippen molar-refractivity contribution in [2.24, 2.45) is 0 Å². The van der Waals surface area contributed by atoms with Crippen molar-refractivity contribution in [1.82, 2.24) is 4.98 Å². The molecule has 142 valence electrons. The monoisotopic (exact) mass is 375 g/mol. The SMILES string of the molecule is COC(=O)c1cccc(NC(=O)c2cc(Nc3cc(C)ccc3C)ccn2)c1. The molecule has 0 unspecified atom stereocenters. The van der Waals surface area contributed by atoms with Crippen molar-refractivity contribution in [3.63, 3.8) is 0 Å². The van der Waals surface area contributed by atoms with E-state index in [1.165, 1.54) is 7.11 Å². The predicted octanol–water partition coefficient (Wildman–Crippen LogP) is 4.48. The molecule has 1 aromatic heterocycles. The molecule has 0 spiro atoms. The van der Waals surface area contributed by atoms with Crippen molar-refractivity contribution in [3.8, 4) is 0 Å². The Hall–Kier alpha value is -3.67. The van der Waals surface area contributed by atoms with Crippen LogP contribution in [0, 0.1) is 13.8 Å². The van der Waals surface area contributed by atoms with E-state index in [9.17, 15) is 9.59 Å². The van der Waals surface area contributed by atoms with E-state index in [-0.39, 0.29) is 11.6 Å². The number of pyridine rings is 1. The van der Waals surface area contributed by atoms with Crippen LogP contribution in [0.4, 0.5) is 17.1 Å². The van der Waals surface area contributed by atoms with Crippen LogP contribution in [0.1, 0.15) is 32.0 Å². The number of aromatic nitrogens is 1. The molecule has 1 heterocycles. The van der Waals surface area contributed by atoms with Gasteiger partial charge in [0.05, 0.1) is 12.7 Å². The summed E-state index contributed by atoms with van der Waals surface area (Å²) in [6.07, 6.45) is 1.58. The van der Waals surface area contributed by atoms with E-state index in [0.717, 1.165) is 22.5 Å². The van der Waals surface area contributed by atoms with Gasteiger partial charge in [-0.25, -0.2) is 4.79 Å². The summed E-state index contributed by atoms with van der Waals surface area (Å²) in [7, 11) is 1.31. The van der Waals surface area contributed by atoms with Crippen molar-refractivity contribution in [2.45, 2.75) is 13.8 Å². The van der Waals surface area contributed by atoms with Crippen LogP contribution in [0.25, 0.3) is 0 Å². The molecule has 28 heavy (non-hydrogen) atoms. The van der Waals surface area contributed by atoms with Gasteiger partial charge in [0, 0.05) is 23.3 Å². The normalized spacial score (nSPS) is 10.2. The van der Waals surface area contributed by atoms with Crippen LogP contribution in [-0.4, -0.2) is 24.0 Å². The lowest BCUT2D eigenvalue weighted by molar-refractivity contribution is 0.0600. The second kappa shape index (κ2) is 8.35. The van der Waals surface area contributed by atoms with Gasteiger partial charge in [-0.3, -0.25) is 9.78 Å². The third-order valence-corrected chi connectivity index (χ3v) is 4.21. The van der Waals surface area contributed by atoms with E-state index in [1.807, 2.05) is 32.0 Å². The Morgan fingerprint density at radius 2 is 1.79 bits per heavy atom. The first kappa shape index (κ1) is 19.1. The Balaban J connectivity index is 1.77. The number of anilines is 3. The largest absolute Gasteiger partial charge is 0.465 e. The number of aryl methyl sites for hydroxylation is 2. The minimum Gasteiger partial charge on any atom is -0.465 e. The van der Waals surface area contributed by atoms with Crippen LogP contribution in [0.3, 0.4) is 0 Å². The highest BCUT2D eigenvalue weighted by Gasteiger charge is 2.11. The number of nitrogens with one attached hydrogen (secondary N) is 2. The molecule has 3 rings (SSSR count). The van der Waals surface area contributed by atoms with Gasteiger partial charge in [0.2, 0.25) is 0 Å². The lowest BCUT2D eigenvalue weighted by atomic mass is 10.1. The third-order valence-electron chi connectivity index (χ3n) is 4.21. The van der Waals surface area contributed by atoms with Gasteiger partial charge in [-0.15, -0.1) is 0 Å².